The van der Waals surface area contributed by atoms with Crippen molar-refractivity contribution >= 4 is 0 Å². The number of hydrogen-bond donors (Lipinski definition) is 2. The molecule has 64 valence electrons. The van der Waals surface area contributed by atoms with Gasteiger partial charge in [0.2, 0.25) is 0 Å². The predicted octanol–water partition coefficient (Wildman–Crippen LogP) is 1.24. The molecule has 1 unspecified atom stereocenters. The van der Waals surface area contributed by atoms with E-state index < -0.39 is 11.2 Å². The summed E-state index contributed by atoms with van der Waals surface area (Å²) in [5.74, 6) is 0. The second-order valence-electron chi connectivity index (χ2n) is 3.45. The maximum absolute atomic E-state index is 9.63. The van der Waals surface area contributed by atoms with E-state index >= 15 is 0 Å². The van der Waals surface area contributed by atoms with Crippen LogP contribution in [-0.4, -0.2) is 21.4 Å². The Balaban J connectivity index is 4.33. The zero-order valence-corrected chi connectivity index (χ0v) is 7.39. The van der Waals surface area contributed by atoms with Crippen molar-refractivity contribution in [2.75, 3.05) is 0 Å². The minimum atomic E-state index is -1.11. The maximum atomic E-state index is 9.63. The minimum Gasteiger partial charge on any atom is -0.387 e. The Hall–Kier alpha value is -0.560. The van der Waals surface area contributed by atoms with E-state index in [1.807, 2.05) is 0 Å². The molecule has 0 fully saturated rings. The maximum Gasteiger partial charge on any atom is 0.0940 e. The van der Waals surface area contributed by atoms with E-state index in [4.69, 9.17) is 0 Å². The van der Waals surface area contributed by atoms with Crippen LogP contribution in [-0.2, 0) is 0 Å². The van der Waals surface area contributed by atoms with Crippen LogP contribution in [0, 0.1) is 0 Å². The first-order valence-corrected chi connectivity index (χ1v) is 3.60. The van der Waals surface area contributed by atoms with E-state index in [0.717, 1.165) is 0 Å². The second kappa shape index (κ2) is 3.22. The molecule has 11 heavy (non-hydrogen) atoms. The molecule has 2 heteroatoms. The fourth-order valence-electron chi connectivity index (χ4n) is 0.521. The van der Waals surface area contributed by atoms with Crippen molar-refractivity contribution in [3.8, 4) is 0 Å². The van der Waals surface area contributed by atoms with Crippen LogP contribution in [0.5, 0.6) is 0 Å². The van der Waals surface area contributed by atoms with Crippen LogP contribution in [0.25, 0.3) is 0 Å². The van der Waals surface area contributed by atoms with Crippen molar-refractivity contribution in [3.63, 3.8) is 0 Å². The lowest BCUT2D eigenvalue weighted by molar-refractivity contribution is -0.117. The average molecular weight is 156 g/mol. The van der Waals surface area contributed by atoms with Gasteiger partial charge in [-0.25, -0.2) is 0 Å². The Labute approximate surface area is 67.9 Å². The van der Waals surface area contributed by atoms with Crippen LogP contribution in [0.3, 0.4) is 0 Å². The van der Waals surface area contributed by atoms with Gasteiger partial charge in [0, 0.05) is 6.42 Å². The number of aliphatic hydroxyl groups is 2. The van der Waals surface area contributed by atoms with E-state index in [1.54, 1.807) is 26.8 Å². The fourth-order valence-corrected chi connectivity index (χ4v) is 0.521. The zero-order valence-electron chi connectivity index (χ0n) is 7.39. The second-order valence-corrected chi connectivity index (χ2v) is 3.45. The summed E-state index contributed by atoms with van der Waals surface area (Å²) < 4.78 is 0. The molecule has 0 aliphatic rings. The Bertz CT molecular complexity index is 168. The zero-order chi connectivity index (χ0) is 9.12. The van der Waals surface area contributed by atoms with Gasteiger partial charge in [-0.3, -0.25) is 0 Å². The Morgan fingerprint density at radius 1 is 1.36 bits per heavy atom. The first-order valence-electron chi connectivity index (χ1n) is 3.60. The molecule has 0 heterocycles. The third kappa shape index (κ3) is 2.89. The van der Waals surface area contributed by atoms with Gasteiger partial charge in [0.25, 0.3) is 0 Å². The smallest absolute Gasteiger partial charge is 0.0940 e. The van der Waals surface area contributed by atoms with E-state index in [2.05, 4.69) is 12.3 Å². The van der Waals surface area contributed by atoms with Crippen LogP contribution in [0.15, 0.2) is 18.4 Å². The molecular weight excluding hydrogens is 140 g/mol. The molecule has 0 rings (SSSR count). The lowest BCUT2D eigenvalue weighted by Crippen LogP contribution is -2.47. The molecule has 0 aromatic rings. The van der Waals surface area contributed by atoms with Gasteiger partial charge in [0.05, 0.1) is 11.2 Å². The van der Waals surface area contributed by atoms with Crippen molar-refractivity contribution in [2.24, 2.45) is 0 Å². The molecular formula is C9H16O2. The molecule has 2 nitrogen and oxygen atoms in total. The van der Waals surface area contributed by atoms with E-state index in [-0.39, 0.29) is 0 Å². The monoisotopic (exact) mass is 156 g/mol. The first kappa shape index (κ1) is 10.4. The fraction of sp³-hybridized carbons (Fsp3) is 0.667. The van der Waals surface area contributed by atoms with Gasteiger partial charge in [-0.2, -0.15) is 0 Å². The third-order valence-electron chi connectivity index (χ3n) is 1.96. The first-order chi connectivity index (χ1) is 4.81. The van der Waals surface area contributed by atoms with Crippen molar-refractivity contribution in [1.29, 1.82) is 0 Å². The average Bonchev–Trinajstić information content (AvgIpc) is 1.81. The van der Waals surface area contributed by atoms with Gasteiger partial charge in [0.15, 0.2) is 0 Å². The van der Waals surface area contributed by atoms with Gasteiger partial charge in [-0.1, -0.05) is 6.58 Å². The van der Waals surface area contributed by atoms with Gasteiger partial charge < -0.3 is 10.2 Å². The Morgan fingerprint density at radius 3 is 2.09 bits per heavy atom. The summed E-state index contributed by atoms with van der Waals surface area (Å²) in [7, 11) is 0. The molecule has 0 bridgehead atoms. The van der Waals surface area contributed by atoms with Crippen LogP contribution in [0.2, 0.25) is 0 Å². The molecule has 0 aromatic heterocycles. The van der Waals surface area contributed by atoms with Crippen LogP contribution in [0.1, 0.15) is 27.2 Å². The van der Waals surface area contributed by atoms with E-state index in [0.29, 0.717) is 6.42 Å². The summed E-state index contributed by atoms with van der Waals surface area (Å²) in [6.07, 6.45) is 1.97. The third-order valence-corrected chi connectivity index (χ3v) is 1.96. The summed E-state index contributed by atoms with van der Waals surface area (Å²) in [5, 5.41) is 19.1. The molecule has 0 aliphatic heterocycles. The van der Waals surface area contributed by atoms with Crippen molar-refractivity contribution in [3.05, 3.63) is 18.4 Å². The largest absolute Gasteiger partial charge is 0.387 e. The van der Waals surface area contributed by atoms with Crippen molar-refractivity contribution < 1.29 is 10.2 Å². The summed E-state index contributed by atoms with van der Waals surface area (Å²) in [6, 6.07) is 0. The number of hydrogen-bond acceptors (Lipinski definition) is 2. The predicted molar refractivity (Wildman–Crippen MR) is 45.2 cm³/mol. The summed E-state index contributed by atoms with van der Waals surface area (Å²) in [4.78, 5) is 0. The quantitative estimate of drug-likeness (QED) is 0.603. The molecule has 2 N–H and O–H groups in total. The highest BCUT2D eigenvalue weighted by Gasteiger charge is 2.36. The standard InChI is InChI=1S/C9H16O2/c1-5-6-7-9(4,11)8(2,3)10/h6,10-11H,1,7H2,2-4H3. The van der Waals surface area contributed by atoms with Crippen LogP contribution < -0.4 is 0 Å². The molecule has 0 amide bonds. The molecule has 0 radical (unpaired) electrons. The van der Waals surface area contributed by atoms with Crippen LogP contribution in [0.4, 0.5) is 0 Å². The summed E-state index contributed by atoms with van der Waals surface area (Å²) in [5.41, 5.74) is 0.340. The topological polar surface area (TPSA) is 40.5 Å². The van der Waals surface area contributed by atoms with Crippen molar-refractivity contribution in [2.45, 2.75) is 38.4 Å². The lowest BCUT2D eigenvalue weighted by atomic mass is 9.85. The van der Waals surface area contributed by atoms with Gasteiger partial charge in [-0.05, 0) is 26.8 Å². The van der Waals surface area contributed by atoms with Crippen LogP contribution >= 0.6 is 0 Å². The van der Waals surface area contributed by atoms with Gasteiger partial charge in [-0.15, -0.1) is 5.73 Å². The highest BCUT2D eigenvalue weighted by Crippen LogP contribution is 2.24. The molecule has 0 saturated carbocycles. The van der Waals surface area contributed by atoms with Gasteiger partial charge >= 0.3 is 0 Å². The number of rotatable bonds is 3. The van der Waals surface area contributed by atoms with E-state index in [9.17, 15) is 10.2 Å². The Morgan fingerprint density at radius 2 is 1.82 bits per heavy atom. The Kier molecular flexibility index (Phi) is 3.06. The lowest BCUT2D eigenvalue weighted by Gasteiger charge is -2.34. The highest BCUT2D eigenvalue weighted by atomic mass is 16.3. The minimum absolute atomic E-state index is 0.361. The summed E-state index contributed by atoms with van der Waals surface area (Å²) in [6.45, 7) is 8.10. The summed E-state index contributed by atoms with van der Waals surface area (Å²) >= 11 is 0. The van der Waals surface area contributed by atoms with Gasteiger partial charge in [0.1, 0.15) is 0 Å². The molecule has 0 aromatic carbocycles. The molecule has 0 spiro atoms. The van der Waals surface area contributed by atoms with Crippen molar-refractivity contribution in [1.82, 2.24) is 0 Å². The molecule has 0 aliphatic carbocycles. The highest BCUT2D eigenvalue weighted by molar-refractivity contribution is 4.95. The molecule has 1 atom stereocenters. The SMILES string of the molecule is C=C=CCC(C)(O)C(C)(C)O. The van der Waals surface area contributed by atoms with E-state index in [1.165, 1.54) is 0 Å². The normalized spacial score (nSPS) is 16.8. The molecule has 0 saturated heterocycles.